The van der Waals surface area contributed by atoms with Gasteiger partial charge in [0.1, 0.15) is 23.3 Å². The highest BCUT2D eigenvalue weighted by molar-refractivity contribution is 5.95. The molecule has 2 aromatic rings. The summed E-state index contributed by atoms with van der Waals surface area (Å²) in [4.78, 5) is 23.1. The van der Waals surface area contributed by atoms with Gasteiger partial charge in [-0.3, -0.25) is 4.79 Å². The monoisotopic (exact) mass is 327 g/mol. The van der Waals surface area contributed by atoms with Crippen LogP contribution in [0.25, 0.3) is 0 Å². The van der Waals surface area contributed by atoms with Crippen molar-refractivity contribution in [2.45, 2.75) is 0 Å². The third-order valence-electron chi connectivity index (χ3n) is 2.69. The van der Waals surface area contributed by atoms with Crippen molar-refractivity contribution in [1.82, 2.24) is 0 Å². The molecule has 0 aliphatic carbocycles. The fourth-order valence-corrected chi connectivity index (χ4v) is 1.64. The molecule has 120 valence electrons. The van der Waals surface area contributed by atoms with Crippen LogP contribution in [-0.4, -0.2) is 18.5 Å². The van der Waals surface area contributed by atoms with Gasteiger partial charge >= 0.3 is 5.97 Å². The molecule has 0 atom stereocenters. The number of anilines is 1. The van der Waals surface area contributed by atoms with Crippen LogP contribution in [0.4, 0.5) is 23.2 Å². The minimum absolute atomic E-state index is 0.442. The Labute approximate surface area is 127 Å². The summed E-state index contributed by atoms with van der Waals surface area (Å²) in [6.07, 6.45) is 0. The van der Waals surface area contributed by atoms with Crippen LogP contribution in [0.2, 0.25) is 0 Å². The van der Waals surface area contributed by atoms with Gasteiger partial charge in [-0.25, -0.2) is 22.4 Å². The van der Waals surface area contributed by atoms with Gasteiger partial charge in [-0.05, 0) is 30.3 Å². The molecule has 0 heterocycles. The lowest BCUT2D eigenvalue weighted by Crippen LogP contribution is -2.22. The largest absolute Gasteiger partial charge is 0.452 e. The minimum Gasteiger partial charge on any atom is -0.452 e. The van der Waals surface area contributed by atoms with E-state index in [9.17, 15) is 27.2 Å². The van der Waals surface area contributed by atoms with Crippen molar-refractivity contribution in [2.75, 3.05) is 11.9 Å². The number of carbonyl (C=O) groups is 2. The summed E-state index contributed by atoms with van der Waals surface area (Å²) in [6, 6.07) is 4.56. The Kier molecular flexibility index (Phi) is 4.95. The van der Waals surface area contributed by atoms with Crippen LogP contribution in [0.15, 0.2) is 36.4 Å². The Bertz CT molecular complexity index is 764. The molecule has 8 heteroatoms. The first-order chi connectivity index (χ1) is 10.9. The zero-order valence-electron chi connectivity index (χ0n) is 11.4. The van der Waals surface area contributed by atoms with Gasteiger partial charge in [0.15, 0.2) is 6.61 Å². The molecule has 1 amide bonds. The van der Waals surface area contributed by atoms with E-state index < -0.39 is 53.0 Å². The number of esters is 1. The summed E-state index contributed by atoms with van der Waals surface area (Å²) < 4.78 is 57.0. The Morgan fingerprint density at radius 1 is 0.913 bits per heavy atom. The topological polar surface area (TPSA) is 55.4 Å². The van der Waals surface area contributed by atoms with E-state index in [1.54, 1.807) is 0 Å². The van der Waals surface area contributed by atoms with E-state index >= 15 is 0 Å². The van der Waals surface area contributed by atoms with Crippen molar-refractivity contribution in [3.05, 3.63) is 65.2 Å². The smallest absolute Gasteiger partial charge is 0.341 e. The molecule has 0 saturated carbocycles. The molecule has 0 aromatic heterocycles. The molecule has 23 heavy (non-hydrogen) atoms. The van der Waals surface area contributed by atoms with Crippen molar-refractivity contribution in [1.29, 1.82) is 0 Å². The second-order valence-electron chi connectivity index (χ2n) is 4.37. The van der Waals surface area contributed by atoms with Crippen molar-refractivity contribution in [2.24, 2.45) is 0 Å². The summed E-state index contributed by atoms with van der Waals surface area (Å²) >= 11 is 0. The molecule has 0 aliphatic rings. The second kappa shape index (κ2) is 6.91. The van der Waals surface area contributed by atoms with E-state index in [4.69, 9.17) is 0 Å². The number of halogens is 4. The van der Waals surface area contributed by atoms with Crippen molar-refractivity contribution < 1.29 is 31.9 Å². The van der Waals surface area contributed by atoms with Crippen molar-refractivity contribution in [3.8, 4) is 0 Å². The first-order valence-electron chi connectivity index (χ1n) is 6.24. The van der Waals surface area contributed by atoms with Crippen LogP contribution in [0, 0.1) is 23.3 Å². The van der Waals surface area contributed by atoms with Gasteiger partial charge in [0.05, 0.1) is 11.3 Å². The second-order valence-corrected chi connectivity index (χ2v) is 4.37. The van der Waals surface area contributed by atoms with Crippen molar-refractivity contribution >= 4 is 17.6 Å². The van der Waals surface area contributed by atoms with Crippen LogP contribution in [0.1, 0.15) is 10.4 Å². The molecule has 0 aliphatic heterocycles. The Hall–Kier alpha value is -2.90. The fourth-order valence-electron chi connectivity index (χ4n) is 1.64. The molecular weight excluding hydrogens is 318 g/mol. The number of hydrogen-bond donors (Lipinski definition) is 1. The average molecular weight is 327 g/mol. The van der Waals surface area contributed by atoms with E-state index in [1.165, 1.54) is 0 Å². The summed E-state index contributed by atoms with van der Waals surface area (Å²) in [5.74, 6) is -5.78. The van der Waals surface area contributed by atoms with E-state index in [0.29, 0.717) is 6.07 Å². The highest BCUT2D eigenvalue weighted by atomic mass is 19.1. The Morgan fingerprint density at radius 3 is 2.22 bits per heavy atom. The lowest BCUT2D eigenvalue weighted by Gasteiger charge is -2.08. The average Bonchev–Trinajstić information content (AvgIpc) is 2.51. The Morgan fingerprint density at radius 2 is 1.52 bits per heavy atom. The zero-order chi connectivity index (χ0) is 17.0. The Balaban J connectivity index is 1.97. The predicted octanol–water partition coefficient (Wildman–Crippen LogP) is 3.04. The summed E-state index contributed by atoms with van der Waals surface area (Å²) in [5, 5.41) is 1.98. The lowest BCUT2D eigenvalue weighted by atomic mass is 10.2. The molecular formula is C15H9F4NO3. The van der Waals surface area contributed by atoms with E-state index in [0.717, 1.165) is 30.3 Å². The summed E-state index contributed by atoms with van der Waals surface area (Å²) in [7, 11) is 0. The van der Waals surface area contributed by atoms with E-state index in [-0.39, 0.29) is 0 Å². The standard InChI is InChI=1S/C15H9F4NO3/c16-8-1-3-11(18)10(5-8)15(22)23-7-14(21)20-13-6-9(17)2-4-12(13)19/h1-6H,7H2,(H,20,21). The zero-order valence-corrected chi connectivity index (χ0v) is 11.4. The molecule has 4 nitrogen and oxygen atoms in total. The van der Waals surface area contributed by atoms with Gasteiger partial charge in [-0.1, -0.05) is 0 Å². The molecule has 2 rings (SSSR count). The SMILES string of the molecule is O=C(COC(=O)c1cc(F)ccc1F)Nc1cc(F)ccc1F. The van der Waals surface area contributed by atoms with Gasteiger partial charge < -0.3 is 10.1 Å². The molecule has 0 unspecified atom stereocenters. The number of amides is 1. The van der Waals surface area contributed by atoms with Gasteiger partial charge in [0, 0.05) is 6.07 Å². The third kappa shape index (κ3) is 4.29. The van der Waals surface area contributed by atoms with Crippen LogP contribution in [-0.2, 0) is 9.53 Å². The van der Waals surface area contributed by atoms with Crippen LogP contribution in [0.3, 0.4) is 0 Å². The van der Waals surface area contributed by atoms with Crippen LogP contribution < -0.4 is 5.32 Å². The summed E-state index contributed by atoms with van der Waals surface area (Å²) in [5.41, 5.74) is -1.13. The first-order valence-corrected chi connectivity index (χ1v) is 6.24. The van der Waals surface area contributed by atoms with Crippen molar-refractivity contribution in [3.63, 3.8) is 0 Å². The molecule has 2 aromatic carbocycles. The molecule has 0 bridgehead atoms. The fraction of sp³-hybridized carbons (Fsp3) is 0.0667. The number of carbonyl (C=O) groups excluding carboxylic acids is 2. The van der Waals surface area contributed by atoms with Gasteiger partial charge in [-0.2, -0.15) is 0 Å². The maximum Gasteiger partial charge on any atom is 0.341 e. The third-order valence-corrected chi connectivity index (χ3v) is 2.69. The van der Waals surface area contributed by atoms with Crippen LogP contribution in [0.5, 0.6) is 0 Å². The van der Waals surface area contributed by atoms with E-state index in [1.807, 2.05) is 5.32 Å². The van der Waals surface area contributed by atoms with Gasteiger partial charge in [0.2, 0.25) is 0 Å². The highest BCUT2D eigenvalue weighted by Crippen LogP contribution is 2.15. The quantitative estimate of drug-likeness (QED) is 0.694. The lowest BCUT2D eigenvalue weighted by molar-refractivity contribution is -0.119. The van der Waals surface area contributed by atoms with E-state index in [2.05, 4.69) is 4.74 Å². The normalized spacial score (nSPS) is 10.3. The molecule has 1 N–H and O–H groups in total. The number of ether oxygens (including phenoxy) is 1. The van der Waals surface area contributed by atoms with Gasteiger partial charge in [0.25, 0.3) is 5.91 Å². The molecule has 0 saturated heterocycles. The molecule has 0 radical (unpaired) electrons. The number of hydrogen-bond acceptors (Lipinski definition) is 3. The van der Waals surface area contributed by atoms with Gasteiger partial charge in [-0.15, -0.1) is 0 Å². The minimum atomic E-state index is -1.27. The number of benzene rings is 2. The molecule has 0 fully saturated rings. The number of nitrogens with one attached hydrogen (secondary N) is 1. The predicted molar refractivity (Wildman–Crippen MR) is 71.6 cm³/mol. The maximum atomic E-state index is 13.3. The maximum absolute atomic E-state index is 13.3. The molecule has 0 spiro atoms. The summed E-state index contributed by atoms with van der Waals surface area (Å²) in [6.45, 7) is -0.884. The number of rotatable bonds is 4. The highest BCUT2D eigenvalue weighted by Gasteiger charge is 2.16. The first kappa shape index (κ1) is 16.5. The van der Waals surface area contributed by atoms with Crippen LogP contribution >= 0.6 is 0 Å².